The molecule has 0 fully saturated rings. The molecule has 18 heavy (non-hydrogen) atoms. The zero-order valence-electron chi connectivity index (χ0n) is 9.07. The van der Waals surface area contributed by atoms with Crippen LogP contribution in [0, 0.1) is 0 Å². The van der Waals surface area contributed by atoms with E-state index in [-0.39, 0.29) is 11.4 Å². The number of aromatic nitrogens is 2. The molecule has 2 rings (SSSR count). The smallest absolute Gasteiger partial charge is 0.354 e. The minimum atomic E-state index is -1.15. The largest absolute Gasteiger partial charge is 0.477 e. The first-order chi connectivity index (χ1) is 8.58. The standard InChI is InChI=1S/C12H8N2O4/c15-11(16)9-5-1-3-7(13-9)8-4-2-6-10(14-8)12(17)18/h1-6H,(H,15,16)(H,17,18)/i15+2,16+2,17+2,18+2. The third-order valence-corrected chi connectivity index (χ3v) is 2.20. The average molecular weight is 252 g/mol. The van der Waals surface area contributed by atoms with Crippen LogP contribution < -0.4 is 0 Å². The number of rotatable bonds is 3. The molecular formula is C12H8N2O4. The Balaban J connectivity index is 2.48. The van der Waals surface area contributed by atoms with E-state index in [2.05, 4.69) is 9.97 Å². The van der Waals surface area contributed by atoms with E-state index in [0.29, 0.717) is 11.4 Å². The van der Waals surface area contributed by atoms with Gasteiger partial charge >= 0.3 is 11.9 Å². The first-order valence-electron chi connectivity index (χ1n) is 4.99. The summed E-state index contributed by atoms with van der Waals surface area (Å²) in [6.45, 7) is 0. The third-order valence-electron chi connectivity index (χ3n) is 2.20. The Morgan fingerprint density at radius 2 is 1.17 bits per heavy atom. The van der Waals surface area contributed by atoms with Crippen LogP contribution in [0.4, 0.5) is 0 Å². The molecule has 2 heterocycles. The highest BCUT2D eigenvalue weighted by molar-refractivity contribution is 5.87. The minimum absolute atomic E-state index is 0.116. The summed E-state index contributed by atoms with van der Waals surface area (Å²) in [5.74, 6) is -2.29. The predicted molar refractivity (Wildman–Crippen MR) is 61.4 cm³/mol. The lowest BCUT2D eigenvalue weighted by Crippen LogP contribution is -2.03. The Bertz CT molecular complexity index is 569. The van der Waals surface area contributed by atoms with Crippen molar-refractivity contribution in [3.05, 3.63) is 47.8 Å². The molecular weight excluding hydrogens is 244 g/mol. The zero-order chi connectivity index (χ0) is 13.1. The fourth-order valence-electron chi connectivity index (χ4n) is 1.39. The lowest BCUT2D eigenvalue weighted by molar-refractivity contribution is 0.0679. The van der Waals surface area contributed by atoms with Gasteiger partial charge in [-0.3, -0.25) is 0 Å². The molecule has 0 aliphatic rings. The van der Waals surface area contributed by atoms with Crippen molar-refractivity contribution in [3.63, 3.8) is 0 Å². The summed E-state index contributed by atoms with van der Waals surface area (Å²) >= 11 is 0. The molecule has 0 radical (unpaired) electrons. The van der Waals surface area contributed by atoms with E-state index in [4.69, 9.17) is 10.2 Å². The molecule has 6 heteroatoms. The van der Waals surface area contributed by atoms with Gasteiger partial charge in [0.1, 0.15) is 11.4 Å². The lowest BCUT2D eigenvalue weighted by Gasteiger charge is -2.02. The lowest BCUT2D eigenvalue weighted by atomic mass is 10.2. The molecule has 6 nitrogen and oxygen atoms in total. The van der Waals surface area contributed by atoms with Gasteiger partial charge in [0, 0.05) is 0 Å². The summed E-state index contributed by atoms with van der Waals surface area (Å²) in [5, 5.41) is 17.6. The van der Waals surface area contributed by atoms with Gasteiger partial charge in [-0.2, -0.15) is 0 Å². The Morgan fingerprint density at radius 1 is 0.778 bits per heavy atom. The van der Waals surface area contributed by atoms with Crippen LogP contribution in [0.2, 0.25) is 0 Å². The normalized spacial score (nSPS) is 10.0. The number of pyridine rings is 2. The summed E-state index contributed by atoms with van der Waals surface area (Å²) in [4.78, 5) is 29.3. The van der Waals surface area contributed by atoms with E-state index in [0.717, 1.165) is 0 Å². The number of nitrogens with zero attached hydrogens (tertiary/aromatic N) is 2. The second-order valence-corrected chi connectivity index (χ2v) is 3.43. The second-order valence-electron chi connectivity index (χ2n) is 3.43. The van der Waals surface area contributed by atoms with E-state index in [9.17, 15) is 9.59 Å². The number of aromatic carboxylic acids is 2. The van der Waals surface area contributed by atoms with E-state index in [1.165, 1.54) is 24.3 Å². The molecule has 0 amide bonds. The molecule has 0 aliphatic heterocycles. The molecule has 0 aromatic carbocycles. The van der Waals surface area contributed by atoms with Crippen LogP contribution in [0.1, 0.15) is 21.0 Å². The van der Waals surface area contributed by atoms with Crippen molar-refractivity contribution in [1.82, 2.24) is 9.97 Å². The van der Waals surface area contributed by atoms with Crippen molar-refractivity contribution < 1.29 is 19.8 Å². The van der Waals surface area contributed by atoms with E-state index in [1.54, 1.807) is 12.1 Å². The van der Waals surface area contributed by atoms with Gasteiger partial charge in [-0.15, -0.1) is 0 Å². The molecule has 0 aliphatic carbocycles. The van der Waals surface area contributed by atoms with Crippen molar-refractivity contribution in [2.45, 2.75) is 0 Å². The Hall–Kier alpha value is -2.76. The molecule has 0 saturated carbocycles. The van der Waals surface area contributed by atoms with E-state index in [1.807, 2.05) is 0 Å². The van der Waals surface area contributed by atoms with Crippen LogP contribution in [0.25, 0.3) is 11.4 Å². The number of carboxylic acid groups (broad SMARTS) is 2. The second kappa shape index (κ2) is 4.62. The number of carboxylic acids is 2. The van der Waals surface area contributed by atoms with E-state index < -0.39 is 11.9 Å². The first kappa shape index (κ1) is 11.7. The molecule has 2 aromatic heterocycles. The molecule has 90 valence electrons. The third kappa shape index (κ3) is 2.32. The van der Waals surface area contributed by atoms with Crippen LogP contribution in [0.3, 0.4) is 0 Å². The maximum atomic E-state index is 10.8. The van der Waals surface area contributed by atoms with Crippen LogP contribution >= 0.6 is 0 Å². The van der Waals surface area contributed by atoms with Gasteiger partial charge in [-0.05, 0) is 24.3 Å². The van der Waals surface area contributed by atoms with Crippen LogP contribution in [-0.2, 0) is 0 Å². The number of hydrogen-bond donors (Lipinski definition) is 2. The van der Waals surface area contributed by atoms with Gasteiger partial charge < -0.3 is 10.2 Å². The Kier molecular flexibility index (Phi) is 3.01. The molecule has 2 N–H and O–H groups in total. The van der Waals surface area contributed by atoms with Gasteiger partial charge in [-0.25, -0.2) is 19.6 Å². The highest BCUT2D eigenvalue weighted by atomic mass is 18.3. The maximum Gasteiger partial charge on any atom is 0.354 e. The van der Waals surface area contributed by atoms with Crippen molar-refractivity contribution in [1.29, 1.82) is 0 Å². The van der Waals surface area contributed by atoms with Crippen molar-refractivity contribution >= 4 is 11.9 Å². The van der Waals surface area contributed by atoms with Crippen LogP contribution in [0.15, 0.2) is 36.4 Å². The number of hydrogen-bond acceptors (Lipinski definition) is 4. The van der Waals surface area contributed by atoms with Crippen molar-refractivity contribution in [3.8, 4) is 11.4 Å². The van der Waals surface area contributed by atoms with Crippen LogP contribution in [-0.4, -0.2) is 32.1 Å². The molecule has 0 saturated heterocycles. The van der Waals surface area contributed by atoms with Crippen molar-refractivity contribution in [2.75, 3.05) is 0 Å². The van der Waals surface area contributed by atoms with Gasteiger partial charge in [0.15, 0.2) is 0 Å². The Labute approximate surface area is 102 Å². The highest BCUT2D eigenvalue weighted by Gasteiger charge is 2.10. The summed E-state index contributed by atoms with van der Waals surface area (Å²) < 4.78 is 0. The highest BCUT2D eigenvalue weighted by Crippen LogP contribution is 2.15. The summed E-state index contributed by atoms with van der Waals surface area (Å²) in [6, 6.07) is 8.91. The Morgan fingerprint density at radius 3 is 1.50 bits per heavy atom. The first-order valence-corrected chi connectivity index (χ1v) is 4.99. The van der Waals surface area contributed by atoms with Gasteiger partial charge in [0.05, 0.1) is 11.4 Å². The van der Waals surface area contributed by atoms with E-state index >= 15 is 0 Å². The van der Waals surface area contributed by atoms with Gasteiger partial charge in [-0.1, -0.05) is 12.1 Å². The fourth-order valence-corrected chi connectivity index (χ4v) is 1.39. The summed E-state index contributed by atoms with van der Waals surface area (Å²) in [6.07, 6.45) is 0. The zero-order valence-corrected chi connectivity index (χ0v) is 9.07. The summed E-state index contributed by atoms with van der Waals surface area (Å²) in [5.41, 5.74) is 0.404. The molecule has 2 aromatic rings. The molecule has 0 unspecified atom stereocenters. The van der Waals surface area contributed by atoms with Gasteiger partial charge in [0.2, 0.25) is 0 Å². The monoisotopic (exact) mass is 252 g/mol. The van der Waals surface area contributed by atoms with Gasteiger partial charge in [0.25, 0.3) is 0 Å². The maximum absolute atomic E-state index is 10.8. The average Bonchev–Trinajstić information content (AvgIpc) is 2.39. The number of carbonyl (C=O) groups is 2. The van der Waals surface area contributed by atoms with Crippen molar-refractivity contribution in [2.24, 2.45) is 0 Å². The molecule has 0 bridgehead atoms. The quantitative estimate of drug-likeness (QED) is 0.803. The molecule has 0 spiro atoms. The van der Waals surface area contributed by atoms with Crippen LogP contribution in [0.5, 0.6) is 0 Å². The SMILES string of the molecule is [18O]=C([18OH])c1cccc(-c2cccc(C(=[18O])[18OH])n2)n1. The minimum Gasteiger partial charge on any atom is -0.477 e. The molecule has 0 atom stereocenters. The summed E-state index contributed by atoms with van der Waals surface area (Å²) in [7, 11) is 0. The topological polar surface area (TPSA) is 100 Å². The predicted octanol–water partition coefficient (Wildman–Crippen LogP) is 1.54. The fraction of sp³-hybridized carbons (Fsp3) is 0.